The van der Waals surface area contributed by atoms with E-state index in [-0.39, 0.29) is 18.0 Å². The Balaban J connectivity index is 1.78. The van der Waals surface area contributed by atoms with Gasteiger partial charge >= 0.3 is 0 Å². The fourth-order valence-electron chi connectivity index (χ4n) is 2.25. The smallest absolute Gasteiger partial charge is 0.225 e. The van der Waals surface area contributed by atoms with Gasteiger partial charge in [0.05, 0.1) is 12.2 Å². The highest BCUT2D eigenvalue weighted by Gasteiger charge is 2.25. The Kier molecular flexibility index (Phi) is 4.54. The summed E-state index contributed by atoms with van der Waals surface area (Å²) in [6, 6.07) is 3.29. The first-order chi connectivity index (χ1) is 11.4. The van der Waals surface area contributed by atoms with Crippen LogP contribution in [0.2, 0.25) is 0 Å². The Morgan fingerprint density at radius 3 is 2.83 bits per heavy atom. The number of nitrogens with one attached hydrogen (secondary N) is 1. The van der Waals surface area contributed by atoms with Crippen LogP contribution in [0.1, 0.15) is 17.5 Å². The van der Waals surface area contributed by atoms with Gasteiger partial charge in [0.1, 0.15) is 22.7 Å². The number of amides is 1. The van der Waals surface area contributed by atoms with Gasteiger partial charge in [0.25, 0.3) is 0 Å². The summed E-state index contributed by atoms with van der Waals surface area (Å²) >= 11 is 1.29. The second-order valence-electron chi connectivity index (χ2n) is 5.20. The van der Waals surface area contributed by atoms with Crippen LogP contribution in [0, 0.1) is 18.6 Å². The minimum atomic E-state index is -0.693. The maximum atomic E-state index is 13.8. The average molecular weight is 352 g/mol. The number of nitrogens with zero attached hydrogens (tertiary/aromatic N) is 3. The Morgan fingerprint density at radius 1 is 1.42 bits per heavy atom. The van der Waals surface area contributed by atoms with Crippen LogP contribution in [-0.2, 0) is 9.63 Å². The molecule has 0 fully saturated rings. The molecule has 2 heterocycles. The van der Waals surface area contributed by atoms with E-state index in [0.717, 1.165) is 11.1 Å². The van der Waals surface area contributed by atoms with Crippen molar-refractivity contribution in [1.29, 1.82) is 0 Å². The number of hydrogen-bond donors (Lipinski definition) is 1. The van der Waals surface area contributed by atoms with E-state index in [1.54, 1.807) is 13.0 Å². The summed E-state index contributed by atoms with van der Waals surface area (Å²) in [4.78, 5) is 18.7. The lowest BCUT2D eigenvalue weighted by molar-refractivity contribution is -0.117. The average Bonchev–Trinajstić information content (AvgIpc) is 3.13. The van der Waals surface area contributed by atoms with Crippen LogP contribution in [0.15, 0.2) is 24.3 Å². The molecule has 0 saturated heterocycles. The highest BCUT2D eigenvalue weighted by Crippen LogP contribution is 2.25. The molecular formula is C15H14F2N4O2S. The number of carbonyl (C=O) groups excluding carboxylic acids is 1. The molecule has 2 aromatic rings. The third-order valence-corrected chi connectivity index (χ3v) is 4.24. The molecule has 24 heavy (non-hydrogen) atoms. The Hall–Kier alpha value is -2.39. The molecule has 9 heteroatoms. The molecule has 1 N–H and O–H groups in total. The van der Waals surface area contributed by atoms with Crippen LogP contribution >= 0.6 is 11.3 Å². The van der Waals surface area contributed by atoms with Gasteiger partial charge in [-0.15, -0.1) is 10.2 Å². The molecule has 1 aromatic carbocycles. The fraction of sp³-hybridized carbons (Fsp3) is 0.267. The summed E-state index contributed by atoms with van der Waals surface area (Å²) in [6.45, 7) is 3.41. The number of hydroxylamine groups is 1. The second kappa shape index (κ2) is 6.62. The SMILES string of the molecule is CC(=O)N(CC1C=C(c2ccc(F)cc2F)NO1)c1nnc(C)s1. The van der Waals surface area contributed by atoms with Crippen LogP contribution < -0.4 is 10.4 Å². The van der Waals surface area contributed by atoms with E-state index in [4.69, 9.17) is 4.84 Å². The predicted octanol–water partition coefficient (Wildman–Crippen LogP) is 2.42. The van der Waals surface area contributed by atoms with Crippen molar-refractivity contribution in [3.8, 4) is 0 Å². The number of carbonyl (C=O) groups is 1. The van der Waals surface area contributed by atoms with Crippen molar-refractivity contribution < 1.29 is 18.4 Å². The third kappa shape index (κ3) is 3.41. The second-order valence-corrected chi connectivity index (χ2v) is 6.36. The highest BCUT2D eigenvalue weighted by atomic mass is 32.1. The molecule has 0 bridgehead atoms. The van der Waals surface area contributed by atoms with E-state index in [9.17, 15) is 13.6 Å². The lowest BCUT2D eigenvalue weighted by atomic mass is 10.1. The molecular weight excluding hydrogens is 338 g/mol. The van der Waals surface area contributed by atoms with E-state index in [2.05, 4.69) is 15.7 Å². The first kappa shape index (κ1) is 16.5. The molecule has 1 aromatic heterocycles. The summed E-state index contributed by atoms with van der Waals surface area (Å²) in [5.41, 5.74) is 3.19. The molecule has 0 saturated carbocycles. The summed E-state index contributed by atoms with van der Waals surface area (Å²) in [7, 11) is 0. The molecule has 0 aliphatic carbocycles. The summed E-state index contributed by atoms with van der Waals surface area (Å²) in [5, 5.41) is 9.06. The van der Waals surface area contributed by atoms with Crippen LogP contribution in [0.4, 0.5) is 13.9 Å². The first-order valence-electron chi connectivity index (χ1n) is 7.11. The zero-order valence-electron chi connectivity index (χ0n) is 12.9. The van der Waals surface area contributed by atoms with Crippen LogP contribution in [0.25, 0.3) is 5.70 Å². The largest absolute Gasteiger partial charge is 0.284 e. The summed E-state index contributed by atoms with van der Waals surface area (Å²) < 4.78 is 26.8. The molecule has 6 nitrogen and oxygen atoms in total. The van der Waals surface area contributed by atoms with E-state index < -0.39 is 17.7 Å². The minimum absolute atomic E-state index is 0.194. The van der Waals surface area contributed by atoms with Crippen LogP contribution in [0.3, 0.4) is 0 Å². The summed E-state index contributed by atoms with van der Waals surface area (Å²) in [6.07, 6.45) is 1.14. The van der Waals surface area contributed by atoms with Gasteiger partial charge in [-0.25, -0.2) is 8.78 Å². The van der Waals surface area contributed by atoms with Gasteiger partial charge < -0.3 is 0 Å². The third-order valence-electron chi connectivity index (χ3n) is 3.38. The Morgan fingerprint density at radius 2 is 2.21 bits per heavy atom. The van der Waals surface area contributed by atoms with Gasteiger partial charge in [-0.1, -0.05) is 11.3 Å². The molecule has 1 aliphatic heterocycles. The van der Waals surface area contributed by atoms with E-state index in [1.807, 2.05) is 0 Å². The molecule has 1 amide bonds. The van der Waals surface area contributed by atoms with Gasteiger partial charge in [-0.2, -0.15) is 0 Å². The number of hydrogen-bond acceptors (Lipinski definition) is 6. The number of benzene rings is 1. The van der Waals surface area contributed by atoms with Gasteiger partial charge in [0.15, 0.2) is 0 Å². The minimum Gasteiger partial charge on any atom is -0.284 e. The molecule has 0 radical (unpaired) electrons. The molecule has 3 rings (SSSR count). The lowest BCUT2D eigenvalue weighted by Crippen LogP contribution is -2.36. The van der Waals surface area contributed by atoms with Crippen molar-refractivity contribution in [2.24, 2.45) is 0 Å². The zero-order valence-corrected chi connectivity index (χ0v) is 13.7. The van der Waals surface area contributed by atoms with Crippen molar-refractivity contribution in [1.82, 2.24) is 15.7 Å². The number of aromatic nitrogens is 2. The van der Waals surface area contributed by atoms with E-state index in [1.165, 1.54) is 35.3 Å². The number of rotatable bonds is 4. The van der Waals surface area contributed by atoms with Crippen molar-refractivity contribution >= 4 is 28.1 Å². The van der Waals surface area contributed by atoms with E-state index >= 15 is 0 Å². The van der Waals surface area contributed by atoms with Gasteiger partial charge in [0, 0.05) is 18.6 Å². The van der Waals surface area contributed by atoms with Crippen molar-refractivity contribution in [3.05, 3.63) is 46.5 Å². The Labute approximate surface area is 140 Å². The zero-order chi connectivity index (χ0) is 17.3. The molecule has 1 atom stereocenters. The Bertz CT molecular complexity index is 809. The normalized spacial score (nSPS) is 16.7. The lowest BCUT2D eigenvalue weighted by Gasteiger charge is -2.19. The van der Waals surface area contributed by atoms with E-state index in [0.29, 0.717) is 10.8 Å². The number of aryl methyl sites for hydroxylation is 1. The fourth-order valence-corrected chi connectivity index (χ4v) is 2.99. The topological polar surface area (TPSA) is 67.4 Å². The maximum absolute atomic E-state index is 13.8. The first-order valence-corrected chi connectivity index (χ1v) is 7.93. The van der Waals surface area contributed by atoms with Crippen molar-refractivity contribution in [3.63, 3.8) is 0 Å². The van der Waals surface area contributed by atoms with Crippen LogP contribution in [0.5, 0.6) is 0 Å². The molecule has 1 unspecified atom stereocenters. The van der Waals surface area contributed by atoms with Crippen LogP contribution in [-0.4, -0.2) is 28.8 Å². The maximum Gasteiger partial charge on any atom is 0.225 e. The van der Waals surface area contributed by atoms with Gasteiger partial charge in [-0.05, 0) is 25.1 Å². The monoisotopic (exact) mass is 352 g/mol. The quantitative estimate of drug-likeness (QED) is 0.915. The standard InChI is InChI=1S/C15H14F2N4O2S/c1-8-18-19-15(24-8)21(9(2)22)7-11-6-14(20-23-11)12-4-3-10(16)5-13(12)17/h3-6,11,20H,7H2,1-2H3. The molecule has 1 aliphatic rings. The highest BCUT2D eigenvalue weighted by molar-refractivity contribution is 7.15. The molecule has 126 valence electrons. The number of anilines is 1. The molecule has 0 spiro atoms. The van der Waals surface area contributed by atoms with Crippen molar-refractivity contribution in [2.45, 2.75) is 20.0 Å². The number of halogens is 2. The summed E-state index contributed by atoms with van der Waals surface area (Å²) in [5.74, 6) is -1.55. The van der Waals surface area contributed by atoms with Crippen molar-refractivity contribution in [2.75, 3.05) is 11.4 Å². The van der Waals surface area contributed by atoms with Gasteiger partial charge in [0.2, 0.25) is 11.0 Å². The predicted molar refractivity (Wildman–Crippen MR) is 85.0 cm³/mol. The van der Waals surface area contributed by atoms with Gasteiger partial charge in [-0.3, -0.25) is 20.0 Å².